The van der Waals surface area contributed by atoms with Crippen molar-refractivity contribution in [3.8, 4) is 0 Å². The lowest BCUT2D eigenvalue weighted by Crippen LogP contribution is -2.51. The van der Waals surface area contributed by atoms with Gasteiger partial charge in [-0.2, -0.15) is 0 Å². The molecule has 48 heavy (non-hydrogen) atoms. The summed E-state index contributed by atoms with van der Waals surface area (Å²) in [5.74, 6) is -0.156. The number of aromatic nitrogens is 4. The number of hydrogen-bond donors (Lipinski definition) is 4. The standard InChI is InChI=1S/2C17H23N5OS/c2*1-12-7-14(3-4-18-12)8-15-10-22(6-5-19-15)11-16-9-20-17(24-16)21-13(2)23/h2*3-4,7,9,15,19H,5-6,8,10-11H2,1-2H3,(H,20,21,23)/t2*15-/m10/s1. The van der Waals surface area contributed by atoms with E-state index in [1.54, 1.807) is 22.7 Å². The molecule has 256 valence electrons. The Morgan fingerprint density at radius 3 is 1.58 bits per heavy atom. The molecule has 2 amide bonds. The second kappa shape index (κ2) is 17.7. The Morgan fingerprint density at radius 1 is 0.750 bits per heavy atom. The lowest BCUT2D eigenvalue weighted by molar-refractivity contribution is -0.115. The fourth-order valence-electron chi connectivity index (χ4n) is 6.00. The van der Waals surface area contributed by atoms with Crippen LogP contribution in [0.15, 0.2) is 49.1 Å². The molecule has 2 saturated heterocycles. The minimum absolute atomic E-state index is 0.0780. The number of piperazine rings is 2. The van der Waals surface area contributed by atoms with Crippen LogP contribution in [0.1, 0.15) is 46.1 Å². The molecule has 2 atom stereocenters. The van der Waals surface area contributed by atoms with E-state index in [2.05, 4.69) is 75.3 Å². The summed E-state index contributed by atoms with van der Waals surface area (Å²) in [6.45, 7) is 14.9. The van der Waals surface area contributed by atoms with E-state index >= 15 is 0 Å². The Kier molecular flexibility index (Phi) is 13.1. The van der Waals surface area contributed by atoms with Gasteiger partial charge in [-0.05, 0) is 62.1 Å². The number of hydrogen-bond acceptors (Lipinski definition) is 12. The first kappa shape index (κ1) is 35.6. The van der Waals surface area contributed by atoms with Crippen LogP contribution < -0.4 is 21.3 Å². The Labute approximate surface area is 290 Å². The van der Waals surface area contributed by atoms with Crippen molar-refractivity contribution in [1.82, 2.24) is 40.4 Å². The number of thiazole rings is 2. The van der Waals surface area contributed by atoms with E-state index in [9.17, 15) is 9.59 Å². The average Bonchev–Trinajstić information content (AvgIpc) is 3.66. The van der Waals surface area contributed by atoms with E-state index in [1.165, 1.54) is 34.7 Å². The van der Waals surface area contributed by atoms with Gasteiger partial charge in [-0.15, -0.1) is 22.7 Å². The summed E-state index contributed by atoms with van der Waals surface area (Å²) in [5, 5.41) is 14.0. The Balaban J connectivity index is 0.000000188. The predicted molar refractivity (Wildman–Crippen MR) is 192 cm³/mol. The van der Waals surface area contributed by atoms with E-state index in [4.69, 9.17) is 0 Å². The van der Waals surface area contributed by atoms with Gasteiger partial charge < -0.3 is 21.3 Å². The van der Waals surface area contributed by atoms with Crippen LogP contribution in [0.3, 0.4) is 0 Å². The molecule has 0 aromatic carbocycles. The van der Waals surface area contributed by atoms with Crippen molar-refractivity contribution in [1.29, 1.82) is 0 Å². The fourth-order valence-corrected chi connectivity index (χ4v) is 7.80. The molecule has 0 spiro atoms. The summed E-state index contributed by atoms with van der Waals surface area (Å²) in [6.07, 6.45) is 9.51. The van der Waals surface area contributed by atoms with Crippen LogP contribution in [-0.2, 0) is 35.5 Å². The summed E-state index contributed by atoms with van der Waals surface area (Å²) in [7, 11) is 0. The van der Waals surface area contributed by atoms with Gasteiger partial charge in [0.05, 0.1) is 0 Å². The summed E-state index contributed by atoms with van der Waals surface area (Å²) in [4.78, 5) is 46.5. The van der Waals surface area contributed by atoms with Crippen LogP contribution >= 0.6 is 22.7 Å². The number of rotatable bonds is 10. The first-order valence-electron chi connectivity index (χ1n) is 16.4. The molecule has 2 aliphatic rings. The minimum atomic E-state index is -0.0780. The maximum atomic E-state index is 11.1. The van der Waals surface area contributed by atoms with Crippen LogP contribution in [0.4, 0.5) is 10.3 Å². The highest BCUT2D eigenvalue weighted by molar-refractivity contribution is 7.16. The number of nitrogens with one attached hydrogen (secondary N) is 4. The molecule has 6 rings (SSSR count). The van der Waals surface area contributed by atoms with Gasteiger partial charge >= 0.3 is 0 Å². The van der Waals surface area contributed by atoms with Gasteiger partial charge in [0.15, 0.2) is 10.3 Å². The normalized spacial score (nSPS) is 18.5. The van der Waals surface area contributed by atoms with Gasteiger partial charge in [0.1, 0.15) is 0 Å². The highest BCUT2D eigenvalue weighted by atomic mass is 32.1. The zero-order valence-corrected chi connectivity index (χ0v) is 29.8. The molecule has 14 heteroatoms. The molecule has 0 aliphatic carbocycles. The number of carbonyl (C=O) groups excluding carboxylic acids is 2. The minimum Gasteiger partial charge on any atom is -0.311 e. The van der Waals surface area contributed by atoms with E-state index in [-0.39, 0.29) is 11.8 Å². The molecule has 0 bridgehead atoms. The van der Waals surface area contributed by atoms with Crippen LogP contribution in [-0.4, -0.2) is 92.9 Å². The fraction of sp³-hybridized carbons (Fsp3) is 0.471. The van der Waals surface area contributed by atoms with Gasteiger partial charge in [-0.3, -0.25) is 29.4 Å². The van der Waals surface area contributed by atoms with Crippen LogP contribution in [0.2, 0.25) is 0 Å². The Morgan fingerprint density at radius 2 is 1.19 bits per heavy atom. The highest BCUT2D eigenvalue weighted by Crippen LogP contribution is 2.22. The van der Waals surface area contributed by atoms with Crippen molar-refractivity contribution >= 4 is 44.8 Å². The van der Waals surface area contributed by atoms with E-state index in [0.717, 1.165) is 76.6 Å². The van der Waals surface area contributed by atoms with Gasteiger partial charge in [0.2, 0.25) is 11.8 Å². The smallest absolute Gasteiger partial charge is 0.223 e. The molecule has 2 fully saturated rings. The van der Waals surface area contributed by atoms with Crippen molar-refractivity contribution in [3.63, 3.8) is 0 Å². The van der Waals surface area contributed by atoms with Crippen LogP contribution in [0, 0.1) is 13.8 Å². The quantitative estimate of drug-likeness (QED) is 0.195. The third kappa shape index (κ3) is 11.8. The molecule has 4 N–H and O–H groups in total. The lowest BCUT2D eigenvalue weighted by Gasteiger charge is -2.33. The first-order chi connectivity index (χ1) is 23.2. The average molecular weight is 691 g/mol. The number of nitrogens with zero attached hydrogens (tertiary/aromatic N) is 6. The van der Waals surface area contributed by atoms with Crippen LogP contribution in [0.5, 0.6) is 0 Å². The maximum Gasteiger partial charge on any atom is 0.223 e. The Hall–Kier alpha value is -3.66. The third-order valence-electron chi connectivity index (χ3n) is 8.00. The van der Waals surface area contributed by atoms with Crippen molar-refractivity contribution < 1.29 is 9.59 Å². The van der Waals surface area contributed by atoms with Gasteiger partial charge in [-0.1, -0.05) is 0 Å². The van der Waals surface area contributed by atoms with Crippen molar-refractivity contribution in [2.75, 3.05) is 49.9 Å². The molecule has 6 heterocycles. The molecule has 2 aliphatic heterocycles. The zero-order valence-electron chi connectivity index (χ0n) is 28.2. The van der Waals surface area contributed by atoms with Crippen LogP contribution in [0.25, 0.3) is 0 Å². The molecule has 0 radical (unpaired) electrons. The summed E-state index contributed by atoms with van der Waals surface area (Å²) in [6, 6.07) is 9.40. The molecule has 12 nitrogen and oxygen atoms in total. The van der Waals surface area contributed by atoms with Crippen molar-refractivity contribution in [2.24, 2.45) is 0 Å². The molecular weight excluding hydrogens is 645 g/mol. The summed E-state index contributed by atoms with van der Waals surface area (Å²) >= 11 is 3.10. The monoisotopic (exact) mass is 690 g/mol. The largest absolute Gasteiger partial charge is 0.311 e. The number of pyridine rings is 2. The van der Waals surface area contributed by atoms with E-state index in [0.29, 0.717) is 22.3 Å². The highest BCUT2D eigenvalue weighted by Gasteiger charge is 2.22. The van der Waals surface area contributed by atoms with Gasteiger partial charge in [-0.25, -0.2) is 9.97 Å². The number of anilines is 2. The second-order valence-corrected chi connectivity index (χ2v) is 14.6. The molecule has 0 saturated carbocycles. The lowest BCUT2D eigenvalue weighted by atomic mass is 10.0. The molecule has 0 unspecified atom stereocenters. The maximum absolute atomic E-state index is 11.1. The number of amides is 2. The topological polar surface area (TPSA) is 140 Å². The summed E-state index contributed by atoms with van der Waals surface area (Å²) < 4.78 is 0. The SMILES string of the molecule is CC(=O)Nc1ncc(CN2CCN[C@@H](Cc3ccnc(C)c3)C2)s1.CC(=O)Nc1ncc(CN2CCN[C@H](Cc3ccnc(C)c3)C2)s1. The second-order valence-electron chi connectivity index (χ2n) is 12.4. The van der Waals surface area contributed by atoms with E-state index in [1.807, 2.05) is 38.6 Å². The van der Waals surface area contributed by atoms with Crippen molar-refractivity contribution in [2.45, 2.75) is 65.7 Å². The molecule has 4 aromatic heterocycles. The number of carbonyl (C=O) groups is 2. The molecule has 4 aromatic rings. The van der Waals surface area contributed by atoms with Gasteiger partial charge in [0, 0.05) is 124 Å². The van der Waals surface area contributed by atoms with E-state index < -0.39 is 0 Å². The summed E-state index contributed by atoms with van der Waals surface area (Å²) in [5.41, 5.74) is 4.78. The zero-order chi connectivity index (χ0) is 33.9. The third-order valence-corrected chi connectivity index (χ3v) is 9.79. The van der Waals surface area contributed by atoms with Gasteiger partial charge in [0.25, 0.3) is 0 Å². The van der Waals surface area contributed by atoms with Crippen molar-refractivity contribution in [3.05, 3.63) is 81.3 Å². The first-order valence-corrected chi connectivity index (χ1v) is 18.0. The molecular formula is C34H46N10O2S2. The predicted octanol–water partition coefficient (Wildman–Crippen LogP) is 3.64. The number of aryl methyl sites for hydroxylation is 2. The Bertz CT molecular complexity index is 1520.